The number of pyridine rings is 2. The van der Waals surface area contributed by atoms with E-state index in [9.17, 15) is 4.79 Å². The number of fused-ring (bicyclic) bond motifs is 1. The average molecular weight is 475 g/mol. The molecular weight excluding hydrogens is 448 g/mol. The van der Waals surface area contributed by atoms with Crippen LogP contribution >= 0.6 is 11.3 Å². The second kappa shape index (κ2) is 9.00. The van der Waals surface area contributed by atoms with Crippen LogP contribution in [0.2, 0.25) is 0 Å². The molecule has 1 aliphatic rings. The highest BCUT2D eigenvalue weighted by molar-refractivity contribution is 7.21. The predicted octanol–water partition coefficient (Wildman–Crippen LogP) is 4.70. The van der Waals surface area contributed by atoms with Crippen LogP contribution in [0, 0.1) is 6.92 Å². The summed E-state index contributed by atoms with van der Waals surface area (Å²) in [5.74, 6) is 1.35. The molecule has 1 saturated carbocycles. The van der Waals surface area contributed by atoms with Crippen LogP contribution in [0.3, 0.4) is 0 Å². The van der Waals surface area contributed by atoms with Crippen molar-refractivity contribution in [3.63, 3.8) is 0 Å². The second-order valence-electron chi connectivity index (χ2n) is 8.51. The fraction of sp³-hybridized carbons (Fsp3) is 0.280. The molecule has 0 bridgehead atoms. The SMILES string of the molecule is COC(=O)C1(NCc2ccnc(Nc3nc4ccc(N(C)c5ccc(C)cc5)nc4s3)c2)CC1. The lowest BCUT2D eigenvalue weighted by Crippen LogP contribution is -2.39. The highest BCUT2D eigenvalue weighted by Gasteiger charge is 2.50. The number of nitrogens with zero attached hydrogens (tertiary/aromatic N) is 4. The number of hydrogen-bond donors (Lipinski definition) is 2. The molecule has 2 N–H and O–H groups in total. The van der Waals surface area contributed by atoms with Crippen LogP contribution in [0.15, 0.2) is 54.7 Å². The number of benzene rings is 1. The minimum Gasteiger partial charge on any atom is -0.468 e. The van der Waals surface area contributed by atoms with E-state index in [0.29, 0.717) is 12.4 Å². The number of ether oxygens (including phenoxy) is 1. The quantitative estimate of drug-likeness (QED) is 0.355. The van der Waals surface area contributed by atoms with Crippen molar-refractivity contribution in [2.75, 3.05) is 24.4 Å². The maximum absolute atomic E-state index is 11.9. The van der Waals surface area contributed by atoms with Crippen LogP contribution in [0.1, 0.15) is 24.0 Å². The van der Waals surface area contributed by atoms with Crippen LogP contribution in [0.4, 0.5) is 22.5 Å². The Bertz CT molecular complexity index is 1330. The van der Waals surface area contributed by atoms with Gasteiger partial charge in [0.1, 0.15) is 27.5 Å². The van der Waals surface area contributed by atoms with Gasteiger partial charge in [-0.15, -0.1) is 0 Å². The van der Waals surface area contributed by atoms with Gasteiger partial charge in [-0.1, -0.05) is 29.0 Å². The van der Waals surface area contributed by atoms with E-state index in [1.165, 1.54) is 24.0 Å². The molecule has 1 fully saturated rings. The third-order valence-electron chi connectivity index (χ3n) is 6.02. The summed E-state index contributed by atoms with van der Waals surface area (Å²) in [6.45, 7) is 2.63. The van der Waals surface area contributed by atoms with Crippen LogP contribution in [0.25, 0.3) is 10.3 Å². The average Bonchev–Trinajstić information content (AvgIpc) is 3.54. The van der Waals surface area contributed by atoms with Crippen molar-refractivity contribution in [3.05, 3.63) is 65.9 Å². The molecule has 4 aromatic rings. The summed E-state index contributed by atoms with van der Waals surface area (Å²) in [5, 5.41) is 7.34. The van der Waals surface area contributed by atoms with Crippen molar-refractivity contribution in [2.45, 2.75) is 31.8 Å². The Morgan fingerprint density at radius 3 is 2.68 bits per heavy atom. The van der Waals surface area contributed by atoms with E-state index in [-0.39, 0.29) is 5.97 Å². The molecule has 5 rings (SSSR count). The molecular formula is C25H26N6O2S. The fourth-order valence-corrected chi connectivity index (χ4v) is 4.60. The number of carbonyl (C=O) groups excluding carboxylic acids is 1. The monoisotopic (exact) mass is 474 g/mol. The Labute approximate surface area is 202 Å². The Kier molecular flexibility index (Phi) is 5.89. The summed E-state index contributed by atoms with van der Waals surface area (Å²) in [7, 11) is 3.43. The Hall–Kier alpha value is -3.56. The molecule has 0 unspecified atom stereocenters. The van der Waals surface area contributed by atoms with Crippen molar-refractivity contribution in [1.29, 1.82) is 0 Å². The zero-order valence-electron chi connectivity index (χ0n) is 19.3. The van der Waals surface area contributed by atoms with Crippen LogP contribution in [-0.4, -0.2) is 40.6 Å². The molecule has 8 nitrogen and oxygen atoms in total. The first-order valence-corrected chi connectivity index (χ1v) is 11.9. The van der Waals surface area contributed by atoms with Crippen molar-refractivity contribution < 1.29 is 9.53 Å². The zero-order valence-corrected chi connectivity index (χ0v) is 20.1. The van der Waals surface area contributed by atoms with E-state index in [4.69, 9.17) is 9.72 Å². The maximum Gasteiger partial charge on any atom is 0.326 e. The predicted molar refractivity (Wildman–Crippen MR) is 135 cm³/mol. The lowest BCUT2D eigenvalue weighted by atomic mass is 10.2. The largest absolute Gasteiger partial charge is 0.468 e. The summed E-state index contributed by atoms with van der Waals surface area (Å²) < 4.78 is 4.91. The van der Waals surface area contributed by atoms with Gasteiger partial charge in [-0.2, -0.15) is 0 Å². The van der Waals surface area contributed by atoms with Gasteiger partial charge in [-0.3, -0.25) is 10.1 Å². The smallest absolute Gasteiger partial charge is 0.326 e. The third kappa shape index (κ3) is 4.57. The Morgan fingerprint density at radius 2 is 1.94 bits per heavy atom. The molecule has 0 aliphatic heterocycles. The highest BCUT2D eigenvalue weighted by atomic mass is 32.1. The number of rotatable bonds is 8. The molecule has 0 spiro atoms. The van der Waals surface area contributed by atoms with Crippen LogP contribution in [-0.2, 0) is 16.1 Å². The van der Waals surface area contributed by atoms with Crippen molar-refractivity contribution in [3.8, 4) is 0 Å². The number of aryl methyl sites for hydroxylation is 1. The van der Waals surface area contributed by atoms with E-state index < -0.39 is 5.54 Å². The first-order chi connectivity index (χ1) is 16.5. The number of aromatic nitrogens is 3. The maximum atomic E-state index is 11.9. The van der Waals surface area contributed by atoms with E-state index >= 15 is 0 Å². The lowest BCUT2D eigenvalue weighted by molar-refractivity contribution is -0.144. The van der Waals surface area contributed by atoms with Gasteiger partial charge in [-0.25, -0.2) is 15.0 Å². The van der Waals surface area contributed by atoms with Gasteiger partial charge < -0.3 is 15.0 Å². The highest BCUT2D eigenvalue weighted by Crippen LogP contribution is 2.37. The first kappa shape index (κ1) is 22.2. The minimum absolute atomic E-state index is 0.200. The van der Waals surface area contributed by atoms with Gasteiger partial charge in [0.25, 0.3) is 0 Å². The number of nitrogens with one attached hydrogen (secondary N) is 2. The summed E-state index contributed by atoms with van der Waals surface area (Å²) >= 11 is 1.48. The molecule has 0 saturated heterocycles. The van der Waals surface area contributed by atoms with E-state index in [2.05, 4.69) is 56.7 Å². The van der Waals surface area contributed by atoms with Gasteiger partial charge in [0.05, 0.1) is 7.11 Å². The van der Waals surface area contributed by atoms with Gasteiger partial charge in [0, 0.05) is 25.5 Å². The molecule has 0 atom stereocenters. The number of anilines is 4. The zero-order chi connectivity index (χ0) is 23.7. The molecule has 9 heteroatoms. The normalized spacial score (nSPS) is 14.1. The molecule has 1 aliphatic carbocycles. The lowest BCUT2D eigenvalue weighted by Gasteiger charge is -2.18. The van der Waals surface area contributed by atoms with Crippen molar-refractivity contribution >= 4 is 50.1 Å². The third-order valence-corrected chi connectivity index (χ3v) is 6.90. The second-order valence-corrected chi connectivity index (χ2v) is 9.49. The van der Waals surface area contributed by atoms with Gasteiger partial charge in [-0.05, 0) is 61.7 Å². The molecule has 0 radical (unpaired) electrons. The Balaban J connectivity index is 1.29. The van der Waals surface area contributed by atoms with Gasteiger partial charge in [0.15, 0.2) is 5.13 Å². The summed E-state index contributed by atoms with van der Waals surface area (Å²) in [6, 6.07) is 16.2. The summed E-state index contributed by atoms with van der Waals surface area (Å²) in [5.41, 5.74) is 3.63. The van der Waals surface area contributed by atoms with Crippen molar-refractivity contribution in [2.24, 2.45) is 0 Å². The van der Waals surface area contributed by atoms with Crippen molar-refractivity contribution in [1.82, 2.24) is 20.3 Å². The molecule has 3 heterocycles. The van der Waals surface area contributed by atoms with Crippen LogP contribution in [0.5, 0.6) is 0 Å². The summed E-state index contributed by atoms with van der Waals surface area (Å²) in [6.07, 6.45) is 3.35. The molecule has 3 aromatic heterocycles. The standard InChI is InChI=1S/C25H26N6O2S/c1-16-4-6-18(7-5-16)31(2)21-9-8-19-22(30-21)34-24(28-19)29-20-14-17(10-13-26-20)15-27-25(11-12-25)23(32)33-3/h4-10,13-14,27H,11-12,15H2,1-3H3,(H,26,28,29). The van der Waals surface area contributed by atoms with Crippen LogP contribution < -0.4 is 15.5 Å². The van der Waals surface area contributed by atoms with E-state index in [0.717, 1.165) is 45.4 Å². The molecule has 174 valence electrons. The fourth-order valence-electron chi connectivity index (χ4n) is 3.76. The minimum atomic E-state index is -0.534. The Morgan fingerprint density at radius 1 is 1.15 bits per heavy atom. The number of hydrogen-bond acceptors (Lipinski definition) is 9. The molecule has 34 heavy (non-hydrogen) atoms. The number of methoxy groups -OCH3 is 1. The molecule has 1 aromatic carbocycles. The number of carbonyl (C=O) groups is 1. The topological polar surface area (TPSA) is 92.3 Å². The van der Waals surface area contributed by atoms with Gasteiger partial charge >= 0.3 is 5.97 Å². The van der Waals surface area contributed by atoms with E-state index in [1.54, 1.807) is 6.20 Å². The first-order valence-electron chi connectivity index (χ1n) is 11.1. The summed E-state index contributed by atoms with van der Waals surface area (Å²) in [4.78, 5) is 28.7. The van der Waals surface area contributed by atoms with E-state index in [1.807, 2.05) is 31.3 Å². The number of thiazole rings is 1. The number of esters is 1. The molecule has 0 amide bonds. The van der Waals surface area contributed by atoms with Gasteiger partial charge in [0.2, 0.25) is 0 Å².